The van der Waals surface area contributed by atoms with Crippen molar-refractivity contribution in [2.45, 2.75) is 26.6 Å². The van der Waals surface area contributed by atoms with Crippen molar-refractivity contribution < 1.29 is 9.21 Å². The Morgan fingerprint density at radius 1 is 1.24 bits per heavy atom. The van der Waals surface area contributed by atoms with Gasteiger partial charge in [0, 0.05) is 22.0 Å². The Morgan fingerprint density at radius 3 is 2.72 bits per heavy atom. The highest BCUT2D eigenvalue weighted by Crippen LogP contribution is 2.19. The molecule has 3 rings (SSSR count). The second-order valence-corrected chi connectivity index (χ2v) is 6.95. The van der Waals surface area contributed by atoms with E-state index in [4.69, 9.17) is 4.42 Å². The quantitative estimate of drug-likeness (QED) is 0.726. The molecule has 1 amide bonds. The molecular weight excluding hydrogens is 342 g/mol. The molecule has 130 valence electrons. The van der Waals surface area contributed by atoms with Crippen LogP contribution in [0.5, 0.6) is 0 Å². The van der Waals surface area contributed by atoms with Crippen LogP contribution in [0, 0.1) is 6.92 Å². The summed E-state index contributed by atoms with van der Waals surface area (Å²) in [7, 11) is 0. The summed E-state index contributed by atoms with van der Waals surface area (Å²) in [4.78, 5) is 41.6. The van der Waals surface area contributed by atoms with Gasteiger partial charge in [-0.2, -0.15) is 0 Å². The molecule has 0 aliphatic heterocycles. The minimum absolute atomic E-state index is 0.152. The molecule has 0 spiro atoms. The monoisotopic (exact) mass is 359 g/mol. The summed E-state index contributed by atoms with van der Waals surface area (Å²) in [5.41, 5.74) is -1.10. The summed E-state index contributed by atoms with van der Waals surface area (Å²) < 4.78 is 6.52. The number of aryl methyl sites for hydroxylation is 1. The number of aromatic nitrogens is 2. The summed E-state index contributed by atoms with van der Waals surface area (Å²) in [5, 5.41) is 0. The first-order valence-electron chi connectivity index (χ1n) is 7.66. The minimum Gasteiger partial charge on any atom is -0.467 e. The molecule has 3 aromatic rings. The van der Waals surface area contributed by atoms with E-state index in [2.05, 4.69) is 4.98 Å². The van der Waals surface area contributed by atoms with E-state index in [1.807, 2.05) is 19.1 Å². The van der Waals surface area contributed by atoms with Crippen molar-refractivity contribution in [2.24, 2.45) is 0 Å². The SMILES string of the molecule is Cc1ccc(CN(Cc2ccco2)C(=O)Cn2ccc(=O)[nH]c2=O)s1. The van der Waals surface area contributed by atoms with Crippen molar-refractivity contribution in [3.05, 3.63) is 79.1 Å². The van der Waals surface area contributed by atoms with Gasteiger partial charge in [0.15, 0.2) is 0 Å². The van der Waals surface area contributed by atoms with Gasteiger partial charge in [0.25, 0.3) is 5.56 Å². The summed E-state index contributed by atoms with van der Waals surface area (Å²) in [6.45, 7) is 2.59. The van der Waals surface area contributed by atoms with Crippen LogP contribution in [-0.2, 0) is 24.4 Å². The number of carbonyl (C=O) groups excluding carboxylic acids is 1. The van der Waals surface area contributed by atoms with Crippen molar-refractivity contribution in [2.75, 3.05) is 0 Å². The smallest absolute Gasteiger partial charge is 0.328 e. The lowest BCUT2D eigenvalue weighted by Gasteiger charge is -2.21. The van der Waals surface area contributed by atoms with Crippen molar-refractivity contribution in [3.63, 3.8) is 0 Å². The Balaban J connectivity index is 1.80. The lowest BCUT2D eigenvalue weighted by atomic mass is 10.3. The van der Waals surface area contributed by atoms with Crippen LogP contribution in [0.4, 0.5) is 0 Å². The maximum Gasteiger partial charge on any atom is 0.328 e. The number of nitrogens with zero attached hydrogens (tertiary/aromatic N) is 2. The lowest BCUT2D eigenvalue weighted by molar-refractivity contribution is -0.133. The molecule has 0 atom stereocenters. The summed E-state index contributed by atoms with van der Waals surface area (Å²) >= 11 is 1.62. The standard InChI is InChI=1S/C17H17N3O4S/c1-12-4-5-14(25-12)10-20(9-13-3-2-8-24-13)16(22)11-19-7-6-15(21)18-17(19)23/h2-8H,9-11H2,1H3,(H,18,21,23). The number of nitrogens with one attached hydrogen (secondary N) is 1. The zero-order valence-corrected chi connectivity index (χ0v) is 14.4. The average Bonchev–Trinajstić information content (AvgIpc) is 3.21. The van der Waals surface area contributed by atoms with Gasteiger partial charge in [-0.1, -0.05) is 0 Å². The van der Waals surface area contributed by atoms with Crippen LogP contribution in [0.2, 0.25) is 0 Å². The third kappa shape index (κ3) is 4.36. The first kappa shape index (κ1) is 17.0. The molecule has 0 fully saturated rings. The molecule has 0 unspecified atom stereocenters. The number of thiophene rings is 1. The van der Waals surface area contributed by atoms with Gasteiger partial charge in [-0.05, 0) is 31.2 Å². The van der Waals surface area contributed by atoms with Gasteiger partial charge < -0.3 is 9.32 Å². The number of rotatable bonds is 6. The molecule has 3 heterocycles. The Morgan fingerprint density at radius 2 is 2.08 bits per heavy atom. The molecule has 0 aromatic carbocycles. The predicted molar refractivity (Wildman–Crippen MR) is 93.3 cm³/mol. The number of carbonyl (C=O) groups is 1. The summed E-state index contributed by atoms with van der Waals surface area (Å²) in [6, 6.07) is 8.76. The van der Waals surface area contributed by atoms with E-state index in [1.54, 1.807) is 34.6 Å². The summed E-state index contributed by atoms with van der Waals surface area (Å²) in [5.74, 6) is 0.423. The number of furan rings is 1. The predicted octanol–water partition coefficient (Wildman–Crippen LogP) is 1.73. The fourth-order valence-electron chi connectivity index (χ4n) is 2.40. The average molecular weight is 359 g/mol. The number of amides is 1. The van der Waals surface area contributed by atoms with Gasteiger partial charge in [0.1, 0.15) is 12.3 Å². The topological polar surface area (TPSA) is 88.3 Å². The molecule has 1 N–H and O–H groups in total. The zero-order valence-electron chi connectivity index (χ0n) is 13.6. The van der Waals surface area contributed by atoms with Gasteiger partial charge in [-0.3, -0.25) is 19.1 Å². The van der Waals surface area contributed by atoms with Crippen LogP contribution < -0.4 is 11.2 Å². The highest BCUT2D eigenvalue weighted by Gasteiger charge is 2.18. The fourth-order valence-corrected chi connectivity index (χ4v) is 3.30. The third-order valence-corrected chi connectivity index (χ3v) is 4.61. The van der Waals surface area contributed by atoms with Gasteiger partial charge >= 0.3 is 5.69 Å². The first-order chi connectivity index (χ1) is 12.0. The van der Waals surface area contributed by atoms with Crippen LogP contribution in [0.15, 0.2) is 56.8 Å². The normalized spacial score (nSPS) is 10.8. The first-order valence-corrected chi connectivity index (χ1v) is 8.48. The van der Waals surface area contributed by atoms with E-state index in [0.717, 1.165) is 9.75 Å². The lowest BCUT2D eigenvalue weighted by Crippen LogP contribution is -2.37. The highest BCUT2D eigenvalue weighted by atomic mass is 32.1. The van der Waals surface area contributed by atoms with Crippen molar-refractivity contribution in [3.8, 4) is 0 Å². The van der Waals surface area contributed by atoms with Crippen molar-refractivity contribution >= 4 is 17.2 Å². The molecule has 8 heteroatoms. The van der Waals surface area contributed by atoms with Crippen LogP contribution >= 0.6 is 11.3 Å². The van der Waals surface area contributed by atoms with Crippen LogP contribution in [0.25, 0.3) is 0 Å². The molecular formula is C17H17N3O4S. The number of hydrogen-bond donors (Lipinski definition) is 1. The molecule has 0 radical (unpaired) electrons. The fraction of sp³-hybridized carbons (Fsp3) is 0.235. The third-order valence-electron chi connectivity index (χ3n) is 3.62. The maximum absolute atomic E-state index is 12.7. The van der Waals surface area contributed by atoms with Crippen LogP contribution in [-0.4, -0.2) is 20.4 Å². The minimum atomic E-state index is -0.606. The molecule has 0 bridgehead atoms. The van der Waals surface area contributed by atoms with Crippen LogP contribution in [0.3, 0.4) is 0 Å². The van der Waals surface area contributed by atoms with Gasteiger partial charge in [0.05, 0.1) is 19.4 Å². The second-order valence-electron chi connectivity index (χ2n) is 5.58. The Kier molecular flexibility index (Phi) is 4.99. The maximum atomic E-state index is 12.7. The Labute approximate surface area is 147 Å². The number of aromatic amines is 1. The van der Waals surface area contributed by atoms with Gasteiger partial charge in [0.2, 0.25) is 5.91 Å². The molecule has 7 nitrogen and oxygen atoms in total. The second kappa shape index (κ2) is 7.35. The van der Waals surface area contributed by atoms with Crippen molar-refractivity contribution in [1.29, 1.82) is 0 Å². The highest BCUT2D eigenvalue weighted by molar-refractivity contribution is 7.11. The van der Waals surface area contributed by atoms with Gasteiger partial charge in [-0.15, -0.1) is 11.3 Å². The molecule has 0 saturated carbocycles. The molecule has 25 heavy (non-hydrogen) atoms. The van der Waals surface area contributed by atoms with Gasteiger partial charge in [-0.25, -0.2) is 4.79 Å². The number of hydrogen-bond acceptors (Lipinski definition) is 5. The van der Waals surface area contributed by atoms with E-state index in [-0.39, 0.29) is 12.5 Å². The molecule has 0 aliphatic rings. The zero-order chi connectivity index (χ0) is 17.8. The molecule has 0 saturated heterocycles. The van der Waals surface area contributed by atoms with E-state index >= 15 is 0 Å². The summed E-state index contributed by atoms with van der Waals surface area (Å²) in [6.07, 6.45) is 2.87. The Bertz CT molecular complexity index is 968. The Hall–Kier alpha value is -2.87. The van der Waals surface area contributed by atoms with Crippen LogP contribution in [0.1, 0.15) is 15.5 Å². The molecule has 3 aromatic heterocycles. The number of H-pyrrole nitrogens is 1. The van der Waals surface area contributed by atoms with E-state index in [9.17, 15) is 14.4 Å². The largest absolute Gasteiger partial charge is 0.467 e. The molecule has 0 aliphatic carbocycles. The van der Waals surface area contributed by atoms with E-state index < -0.39 is 11.2 Å². The van der Waals surface area contributed by atoms with E-state index in [1.165, 1.54) is 16.8 Å². The van der Waals surface area contributed by atoms with E-state index in [0.29, 0.717) is 18.8 Å². The van der Waals surface area contributed by atoms with Crippen molar-refractivity contribution in [1.82, 2.24) is 14.5 Å².